The van der Waals surface area contributed by atoms with Gasteiger partial charge < -0.3 is 8.94 Å². The van der Waals surface area contributed by atoms with E-state index in [0.29, 0.717) is 37.6 Å². The Morgan fingerprint density at radius 2 is 1.91 bits per heavy atom. The summed E-state index contributed by atoms with van der Waals surface area (Å²) < 4.78 is 14.8. The summed E-state index contributed by atoms with van der Waals surface area (Å²) in [6, 6.07) is 15.5. The average Bonchev–Trinajstić information content (AvgIpc) is 3.40. The Morgan fingerprint density at radius 1 is 1.12 bits per heavy atom. The molecule has 0 aliphatic carbocycles. The maximum Gasteiger partial charge on any atom is 0.345 e. The number of rotatable bonds is 4. The molecule has 0 spiro atoms. The van der Waals surface area contributed by atoms with Gasteiger partial charge in [0.15, 0.2) is 16.1 Å². The van der Waals surface area contributed by atoms with E-state index in [1.54, 1.807) is 7.05 Å². The van der Waals surface area contributed by atoms with E-state index in [9.17, 15) is 4.79 Å². The van der Waals surface area contributed by atoms with Crippen molar-refractivity contribution in [2.24, 2.45) is 4.99 Å². The molecule has 0 amide bonds. The summed E-state index contributed by atoms with van der Waals surface area (Å²) in [5.41, 5.74) is 3.55. The third-order valence-corrected chi connectivity index (χ3v) is 7.20. The van der Waals surface area contributed by atoms with Crippen LogP contribution in [0, 0.1) is 6.92 Å². The fraction of sp³-hybridized carbons (Fsp3) is 0.0800. The molecule has 0 aliphatic rings. The van der Waals surface area contributed by atoms with E-state index in [-0.39, 0.29) is 0 Å². The third-order valence-electron chi connectivity index (χ3n) is 5.23. The predicted octanol–water partition coefficient (Wildman–Crippen LogP) is 6.83. The second-order valence-electron chi connectivity index (χ2n) is 7.44. The van der Waals surface area contributed by atoms with Crippen molar-refractivity contribution < 1.29 is 8.94 Å². The van der Waals surface area contributed by atoms with Crippen molar-refractivity contribution in [2.45, 2.75) is 6.92 Å². The molecule has 170 valence electrons. The van der Waals surface area contributed by atoms with Gasteiger partial charge in [-0.2, -0.15) is 0 Å². The number of thiazole rings is 1. The normalized spacial score (nSPS) is 12.3. The number of nitrogens with zero attached hydrogens (tertiary/aromatic N) is 3. The van der Waals surface area contributed by atoms with Crippen molar-refractivity contribution in [2.75, 3.05) is 7.05 Å². The van der Waals surface area contributed by atoms with E-state index in [1.165, 1.54) is 11.3 Å². The number of aryl methyl sites for hydroxylation is 1. The van der Waals surface area contributed by atoms with Gasteiger partial charge in [-0.05, 0) is 52.7 Å². The smallest absolute Gasteiger partial charge is 0.345 e. The minimum Gasteiger partial charge on any atom is -0.421 e. The Balaban J connectivity index is 1.73. The first-order valence-electron chi connectivity index (χ1n) is 10.2. The van der Waals surface area contributed by atoms with Crippen LogP contribution in [0.1, 0.15) is 17.0 Å². The monoisotopic (exact) mass is 597 g/mol. The van der Waals surface area contributed by atoms with Crippen LogP contribution >= 0.6 is 43.2 Å². The molecule has 0 fully saturated rings. The highest BCUT2D eigenvalue weighted by molar-refractivity contribution is 9.11. The summed E-state index contributed by atoms with van der Waals surface area (Å²) in [7, 11) is 1.71. The number of hydrogen-bond acceptors (Lipinski definition) is 6. The molecule has 5 aromatic rings. The number of fused-ring (bicyclic) bond motifs is 1. The van der Waals surface area contributed by atoms with Crippen molar-refractivity contribution >= 4 is 66.3 Å². The van der Waals surface area contributed by atoms with E-state index in [0.717, 1.165) is 21.1 Å². The highest BCUT2D eigenvalue weighted by Crippen LogP contribution is 2.32. The van der Waals surface area contributed by atoms with Crippen LogP contribution in [-0.4, -0.2) is 16.8 Å². The Labute approximate surface area is 215 Å². The Bertz CT molecular complexity index is 1680. The fourth-order valence-corrected chi connectivity index (χ4v) is 5.89. The van der Waals surface area contributed by atoms with Gasteiger partial charge in [0, 0.05) is 22.3 Å². The minimum absolute atomic E-state index is 0.419. The van der Waals surface area contributed by atoms with Gasteiger partial charge in [0.25, 0.3) is 0 Å². The van der Waals surface area contributed by atoms with Gasteiger partial charge in [0.05, 0.1) is 15.7 Å². The van der Waals surface area contributed by atoms with Gasteiger partial charge in [0.2, 0.25) is 0 Å². The molecular formula is C25H17Br2N3O3S. The zero-order chi connectivity index (χ0) is 23.8. The van der Waals surface area contributed by atoms with Gasteiger partial charge in [-0.15, -0.1) is 11.3 Å². The molecule has 0 atom stereocenters. The van der Waals surface area contributed by atoms with E-state index in [4.69, 9.17) is 8.94 Å². The topological polar surface area (TPSA) is 73.5 Å². The summed E-state index contributed by atoms with van der Waals surface area (Å²) in [6.45, 7) is 1.86. The standard InChI is InChI=1S/C25H17Br2N3O3S/c1-14-22(21(33-29-14)9-8-15-6-4-3-5-7-15)30-20(13-34-25(30)28-2)18-11-16-10-17(26)12-19(27)23(16)32-24(18)31/h3-13H,1-2H3/b9-8+,28-25?. The first-order valence-corrected chi connectivity index (χ1v) is 12.7. The van der Waals surface area contributed by atoms with Crippen molar-refractivity contribution in [1.82, 2.24) is 9.72 Å². The van der Waals surface area contributed by atoms with Gasteiger partial charge in [0.1, 0.15) is 11.4 Å². The molecule has 34 heavy (non-hydrogen) atoms. The molecule has 2 aromatic carbocycles. The second-order valence-corrected chi connectivity index (χ2v) is 10.0. The van der Waals surface area contributed by atoms with E-state index in [2.05, 4.69) is 42.0 Å². The van der Waals surface area contributed by atoms with Crippen LogP contribution < -0.4 is 10.4 Å². The van der Waals surface area contributed by atoms with Crippen LogP contribution in [0.25, 0.3) is 40.1 Å². The van der Waals surface area contributed by atoms with Crippen LogP contribution in [0.4, 0.5) is 0 Å². The zero-order valence-electron chi connectivity index (χ0n) is 18.1. The molecule has 5 rings (SSSR count). The van der Waals surface area contributed by atoms with E-state index >= 15 is 0 Å². The second kappa shape index (κ2) is 9.32. The lowest BCUT2D eigenvalue weighted by molar-refractivity contribution is 0.408. The van der Waals surface area contributed by atoms with Crippen molar-refractivity contribution in [3.8, 4) is 16.9 Å². The fourth-order valence-electron chi connectivity index (χ4n) is 3.71. The SMILES string of the molecule is CN=c1scc(-c2cc3cc(Br)cc(Br)c3oc2=O)n1-c1c(C)noc1/C=C/c1ccccc1. The molecule has 9 heteroatoms. The minimum atomic E-state index is -0.444. The maximum atomic E-state index is 13.1. The lowest BCUT2D eigenvalue weighted by atomic mass is 10.1. The van der Waals surface area contributed by atoms with Gasteiger partial charge >= 0.3 is 5.63 Å². The summed E-state index contributed by atoms with van der Waals surface area (Å²) in [4.78, 5) is 18.2. The Hall–Kier alpha value is -3.01. The van der Waals surface area contributed by atoms with E-state index in [1.807, 2.05) is 77.6 Å². The Kier molecular flexibility index (Phi) is 6.24. The largest absolute Gasteiger partial charge is 0.421 e. The molecule has 0 saturated heterocycles. The lowest BCUT2D eigenvalue weighted by Gasteiger charge is -2.09. The summed E-state index contributed by atoms with van der Waals surface area (Å²) >= 11 is 8.40. The van der Waals surface area contributed by atoms with Gasteiger partial charge in [-0.1, -0.05) is 57.5 Å². The molecule has 3 aromatic heterocycles. The first-order chi connectivity index (χ1) is 16.5. The van der Waals surface area contributed by atoms with Crippen LogP contribution in [-0.2, 0) is 0 Å². The quantitative estimate of drug-likeness (QED) is 0.212. The number of halogens is 2. The van der Waals surface area contributed by atoms with Crippen molar-refractivity contribution in [1.29, 1.82) is 0 Å². The predicted molar refractivity (Wildman–Crippen MR) is 142 cm³/mol. The highest BCUT2D eigenvalue weighted by Gasteiger charge is 2.21. The maximum absolute atomic E-state index is 13.1. The first kappa shape index (κ1) is 22.8. The average molecular weight is 599 g/mol. The van der Waals surface area contributed by atoms with Crippen LogP contribution in [0.15, 0.2) is 81.6 Å². The molecule has 3 heterocycles. The van der Waals surface area contributed by atoms with Crippen LogP contribution in [0.3, 0.4) is 0 Å². The van der Waals surface area contributed by atoms with Gasteiger partial charge in [-0.3, -0.25) is 9.56 Å². The Morgan fingerprint density at radius 3 is 2.68 bits per heavy atom. The summed E-state index contributed by atoms with van der Waals surface area (Å²) in [6.07, 6.45) is 3.83. The molecule has 0 aliphatic heterocycles. The summed E-state index contributed by atoms with van der Waals surface area (Å²) in [5.74, 6) is 0.562. The number of benzene rings is 2. The summed E-state index contributed by atoms with van der Waals surface area (Å²) in [5, 5.41) is 6.87. The molecular weight excluding hydrogens is 582 g/mol. The molecule has 0 unspecified atom stereocenters. The molecule has 0 N–H and O–H groups in total. The molecule has 0 saturated carbocycles. The number of hydrogen-bond donors (Lipinski definition) is 0. The van der Waals surface area contributed by atoms with Gasteiger partial charge in [-0.25, -0.2) is 4.79 Å². The molecule has 6 nitrogen and oxygen atoms in total. The van der Waals surface area contributed by atoms with Crippen molar-refractivity contribution in [3.05, 3.63) is 95.1 Å². The highest BCUT2D eigenvalue weighted by atomic mass is 79.9. The molecule has 0 bridgehead atoms. The van der Waals surface area contributed by atoms with E-state index < -0.39 is 5.63 Å². The van der Waals surface area contributed by atoms with Crippen LogP contribution in [0.5, 0.6) is 0 Å². The zero-order valence-corrected chi connectivity index (χ0v) is 22.1. The lowest BCUT2D eigenvalue weighted by Crippen LogP contribution is -2.17. The van der Waals surface area contributed by atoms with Crippen LogP contribution in [0.2, 0.25) is 0 Å². The third kappa shape index (κ3) is 4.15. The number of aromatic nitrogens is 2. The van der Waals surface area contributed by atoms with Crippen molar-refractivity contribution in [3.63, 3.8) is 0 Å². The molecule has 0 radical (unpaired) electrons.